The molecule has 12 heteroatoms. The van der Waals surface area contributed by atoms with Crippen molar-refractivity contribution >= 4 is 39.0 Å². The van der Waals surface area contributed by atoms with Gasteiger partial charge in [0.1, 0.15) is 5.69 Å². The fraction of sp³-hybridized carbons (Fsp3) is 0.0952. The maximum absolute atomic E-state index is 12.8. The van der Waals surface area contributed by atoms with Crippen molar-refractivity contribution in [2.24, 2.45) is 5.10 Å². The highest BCUT2D eigenvalue weighted by Gasteiger charge is 2.22. The molecule has 0 spiro atoms. The van der Waals surface area contributed by atoms with Crippen LogP contribution in [0.4, 0.5) is 22.7 Å². The van der Waals surface area contributed by atoms with Crippen LogP contribution in [0.3, 0.4) is 0 Å². The van der Waals surface area contributed by atoms with E-state index < -0.39 is 25.6 Å². The molecule has 0 aromatic heterocycles. The molecule has 170 valence electrons. The number of nitrogens with zero attached hydrogens (tertiary/aromatic N) is 3. The van der Waals surface area contributed by atoms with Crippen LogP contribution >= 0.6 is 0 Å². The average molecular weight is 469 g/mol. The van der Waals surface area contributed by atoms with Gasteiger partial charge in [-0.2, -0.15) is 5.10 Å². The van der Waals surface area contributed by atoms with Crippen LogP contribution in [-0.4, -0.2) is 24.5 Å². The lowest BCUT2D eigenvalue weighted by Crippen LogP contribution is -2.14. The van der Waals surface area contributed by atoms with Gasteiger partial charge >= 0.3 is 0 Å². The van der Waals surface area contributed by atoms with Crippen LogP contribution in [0.5, 0.6) is 0 Å². The van der Waals surface area contributed by atoms with E-state index in [4.69, 9.17) is 0 Å². The second kappa shape index (κ2) is 9.44. The monoisotopic (exact) mass is 469 g/mol. The molecule has 0 heterocycles. The molecule has 0 aliphatic carbocycles. The molecule has 0 saturated carbocycles. The summed E-state index contributed by atoms with van der Waals surface area (Å²) in [6.07, 6.45) is 1.32. The van der Waals surface area contributed by atoms with Crippen LogP contribution in [-0.2, 0) is 10.0 Å². The summed E-state index contributed by atoms with van der Waals surface area (Å²) < 4.78 is 28.0. The predicted molar refractivity (Wildman–Crippen MR) is 124 cm³/mol. The quantitative estimate of drug-likeness (QED) is 0.282. The van der Waals surface area contributed by atoms with Crippen LogP contribution in [0.1, 0.15) is 16.7 Å². The maximum Gasteiger partial charge on any atom is 0.295 e. The lowest BCUT2D eigenvalue weighted by atomic mass is 10.1. The normalized spacial score (nSPS) is 11.3. The van der Waals surface area contributed by atoms with E-state index in [0.717, 1.165) is 11.6 Å². The van der Waals surface area contributed by atoms with E-state index in [-0.39, 0.29) is 16.3 Å². The number of rotatable bonds is 8. The minimum absolute atomic E-state index is 0.0244. The number of benzene rings is 3. The zero-order valence-corrected chi connectivity index (χ0v) is 18.4. The SMILES string of the molecule is Cc1ccc(NS(=O)(=O)c2ccc(N/N=C/c3ccc([N+](=O)[O-])cc3)c([N+](=O)[O-])c2)c(C)c1. The first-order valence-electron chi connectivity index (χ1n) is 9.49. The lowest BCUT2D eigenvalue weighted by Gasteiger charge is -2.12. The van der Waals surface area contributed by atoms with Crippen molar-refractivity contribution in [1.29, 1.82) is 0 Å². The predicted octanol–water partition coefficient (Wildman–Crippen LogP) is 4.37. The molecule has 3 aromatic rings. The Morgan fingerprint density at radius 1 is 0.879 bits per heavy atom. The molecule has 0 aliphatic rings. The summed E-state index contributed by atoms with van der Waals surface area (Å²) >= 11 is 0. The Morgan fingerprint density at radius 3 is 2.15 bits per heavy atom. The highest BCUT2D eigenvalue weighted by Crippen LogP contribution is 2.29. The van der Waals surface area contributed by atoms with E-state index in [1.807, 2.05) is 13.0 Å². The molecule has 0 amide bonds. The Labute approximate surface area is 189 Å². The fourth-order valence-electron chi connectivity index (χ4n) is 2.91. The van der Waals surface area contributed by atoms with Crippen molar-refractivity contribution in [2.45, 2.75) is 18.7 Å². The Kier molecular flexibility index (Phi) is 6.68. The van der Waals surface area contributed by atoms with Crippen LogP contribution in [0, 0.1) is 34.1 Å². The van der Waals surface area contributed by atoms with Crippen LogP contribution < -0.4 is 10.1 Å². The van der Waals surface area contributed by atoms with Gasteiger partial charge in [-0.1, -0.05) is 17.7 Å². The number of hydrogen-bond donors (Lipinski definition) is 2. The molecule has 3 rings (SSSR count). The summed E-state index contributed by atoms with van der Waals surface area (Å²) in [5.41, 5.74) is 4.49. The van der Waals surface area contributed by atoms with Crippen molar-refractivity contribution < 1.29 is 18.3 Å². The number of hydrazone groups is 1. The minimum atomic E-state index is -4.07. The number of nitro groups is 2. The fourth-order valence-corrected chi connectivity index (χ4v) is 4.06. The van der Waals surface area contributed by atoms with Crippen molar-refractivity contribution in [3.05, 3.63) is 97.6 Å². The molecule has 11 nitrogen and oxygen atoms in total. The van der Waals surface area contributed by atoms with Crippen LogP contribution in [0.2, 0.25) is 0 Å². The molecule has 0 unspecified atom stereocenters. The van der Waals surface area contributed by atoms with E-state index in [1.54, 1.807) is 19.1 Å². The number of non-ortho nitro benzene ring substituents is 1. The zero-order chi connectivity index (χ0) is 24.2. The number of nitro benzene ring substituents is 2. The van der Waals surface area contributed by atoms with Crippen LogP contribution in [0.15, 0.2) is 70.7 Å². The number of nitrogens with one attached hydrogen (secondary N) is 2. The van der Waals surface area contributed by atoms with Gasteiger partial charge < -0.3 is 0 Å². The zero-order valence-electron chi connectivity index (χ0n) is 17.6. The Balaban J connectivity index is 1.82. The van der Waals surface area contributed by atoms with Crippen molar-refractivity contribution in [1.82, 2.24) is 0 Å². The first kappa shape index (κ1) is 23.3. The third-order valence-corrected chi connectivity index (χ3v) is 5.97. The van der Waals surface area contributed by atoms with Gasteiger partial charge in [-0.05, 0) is 55.3 Å². The Hall–Kier alpha value is -4.32. The second-order valence-electron chi connectivity index (χ2n) is 7.08. The van der Waals surface area contributed by atoms with Crippen molar-refractivity contribution in [3.8, 4) is 0 Å². The number of aryl methyl sites for hydroxylation is 2. The van der Waals surface area contributed by atoms with Gasteiger partial charge in [0.05, 0.1) is 26.6 Å². The first-order valence-corrected chi connectivity index (χ1v) is 11.0. The maximum atomic E-state index is 12.8. The standard InChI is InChI=1S/C21H19N5O6S/c1-14-3-9-19(15(2)11-14)24-33(31,32)18-8-10-20(21(12-18)26(29)30)23-22-13-16-4-6-17(7-5-16)25(27)28/h3-13,23-24H,1-2H3/b22-13+. The molecule has 0 radical (unpaired) electrons. The van der Waals surface area contributed by atoms with Crippen molar-refractivity contribution in [2.75, 3.05) is 10.1 Å². The highest BCUT2D eigenvalue weighted by molar-refractivity contribution is 7.92. The molecule has 33 heavy (non-hydrogen) atoms. The van der Waals surface area contributed by atoms with Crippen LogP contribution in [0.25, 0.3) is 0 Å². The Bertz CT molecular complexity index is 1350. The molecule has 2 N–H and O–H groups in total. The smallest absolute Gasteiger partial charge is 0.279 e. The van der Waals surface area contributed by atoms with E-state index in [0.29, 0.717) is 16.8 Å². The molecule has 0 aliphatic heterocycles. The van der Waals surface area contributed by atoms with E-state index in [2.05, 4.69) is 15.2 Å². The van der Waals surface area contributed by atoms with Gasteiger partial charge in [0.15, 0.2) is 0 Å². The van der Waals surface area contributed by atoms with Gasteiger partial charge in [-0.3, -0.25) is 30.4 Å². The largest absolute Gasteiger partial charge is 0.295 e. The first-order chi connectivity index (χ1) is 15.6. The summed E-state index contributed by atoms with van der Waals surface area (Å²) in [5.74, 6) is 0. The average Bonchev–Trinajstić information content (AvgIpc) is 2.76. The summed E-state index contributed by atoms with van der Waals surface area (Å²) in [6.45, 7) is 3.63. The summed E-state index contributed by atoms with van der Waals surface area (Å²) in [7, 11) is -4.07. The molecular weight excluding hydrogens is 450 g/mol. The summed E-state index contributed by atoms with van der Waals surface area (Å²) in [6, 6.07) is 14.1. The van der Waals surface area contributed by atoms with Gasteiger partial charge in [0, 0.05) is 18.2 Å². The molecule has 0 fully saturated rings. The number of sulfonamides is 1. The third-order valence-electron chi connectivity index (χ3n) is 4.60. The van der Waals surface area contributed by atoms with Gasteiger partial charge in [-0.15, -0.1) is 0 Å². The highest BCUT2D eigenvalue weighted by atomic mass is 32.2. The molecule has 0 saturated heterocycles. The van der Waals surface area contributed by atoms with Gasteiger partial charge in [-0.25, -0.2) is 8.42 Å². The molecule has 0 bridgehead atoms. The van der Waals surface area contributed by atoms with E-state index in [9.17, 15) is 28.6 Å². The van der Waals surface area contributed by atoms with Crippen molar-refractivity contribution in [3.63, 3.8) is 0 Å². The van der Waals surface area contributed by atoms with E-state index >= 15 is 0 Å². The molecule has 3 aromatic carbocycles. The molecular formula is C21H19N5O6S. The second-order valence-corrected chi connectivity index (χ2v) is 8.76. The summed E-state index contributed by atoms with van der Waals surface area (Å²) in [5, 5.41) is 26.1. The summed E-state index contributed by atoms with van der Waals surface area (Å²) in [4.78, 5) is 20.7. The number of anilines is 2. The van der Waals surface area contributed by atoms with Gasteiger partial charge in [0.25, 0.3) is 21.4 Å². The van der Waals surface area contributed by atoms with E-state index in [1.165, 1.54) is 42.6 Å². The lowest BCUT2D eigenvalue weighted by molar-refractivity contribution is -0.384. The van der Waals surface area contributed by atoms with Gasteiger partial charge in [0.2, 0.25) is 0 Å². The Morgan fingerprint density at radius 2 is 1.55 bits per heavy atom. The topological polar surface area (TPSA) is 157 Å². The number of hydrogen-bond acceptors (Lipinski definition) is 8. The minimum Gasteiger partial charge on any atom is -0.279 e. The molecule has 0 atom stereocenters. The third kappa shape index (κ3) is 5.68.